The molecule has 0 aliphatic rings. The van der Waals surface area contributed by atoms with Gasteiger partial charge in [0.1, 0.15) is 11.5 Å². The van der Waals surface area contributed by atoms with Crippen molar-refractivity contribution >= 4 is 17.5 Å². The van der Waals surface area contributed by atoms with E-state index in [0.717, 1.165) is 11.3 Å². The van der Waals surface area contributed by atoms with Gasteiger partial charge in [-0.05, 0) is 30.3 Å². The Hall–Kier alpha value is -3.02. The maximum Gasteiger partial charge on any atom is 0.260 e. The number of carbonyl (C=O) groups excluding carboxylic acids is 2. The Balaban J connectivity index is 1.87. The van der Waals surface area contributed by atoms with Gasteiger partial charge in [-0.25, -0.2) is 0 Å². The summed E-state index contributed by atoms with van der Waals surface area (Å²) in [6.45, 7) is 1.82. The molecule has 0 radical (unpaired) electrons. The lowest BCUT2D eigenvalue weighted by atomic mass is 10.2. The van der Waals surface area contributed by atoms with Crippen LogP contribution in [-0.4, -0.2) is 37.5 Å². The van der Waals surface area contributed by atoms with Gasteiger partial charge in [-0.1, -0.05) is 18.2 Å². The van der Waals surface area contributed by atoms with Crippen molar-refractivity contribution in [1.29, 1.82) is 0 Å². The van der Waals surface area contributed by atoms with E-state index in [4.69, 9.17) is 9.47 Å². The van der Waals surface area contributed by atoms with Crippen LogP contribution in [-0.2, 0) is 16.1 Å². The first-order chi connectivity index (χ1) is 12.0. The topological polar surface area (TPSA) is 67.9 Å². The molecular formula is C19H22N2O4. The van der Waals surface area contributed by atoms with Crippen LogP contribution in [0.2, 0.25) is 0 Å². The monoisotopic (exact) mass is 342 g/mol. The first-order valence-electron chi connectivity index (χ1n) is 7.86. The highest BCUT2D eigenvalue weighted by atomic mass is 16.5. The van der Waals surface area contributed by atoms with Gasteiger partial charge < -0.3 is 19.7 Å². The number of anilines is 1. The first kappa shape index (κ1) is 18.3. The molecule has 0 unspecified atom stereocenters. The highest BCUT2D eigenvalue weighted by Crippen LogP contribution is 2.19. The normalized spacial score (nSPS) is 10.0. The molecule has 0 aliphatic carbocycles. The number of nitrogens with zero attached hydrogens (tertiary/aromatic N) is 1. The quantitative estimate of drug-likeness (QED) is 0.840. The molecule has 132 valence electrons. The second-order valence-electron chi connectivity index (χ2n) is 5.56. The Morgan fingerprint density at radius 1 is 1.08 bits per heavy atom. The van der Waals surface area contributed by atoms with Crippen molar-refractivity contribution in [2.45, 2.75) is 13.5 Å². The zero-order valence-electron chi connectivity index (χ0n) is 14.6. The van der Waals surface area contributed by atoms with E-state index in [1.54, 1.807) is 43.3 Å². The minimum atomic E-state index is -0.142. The van der Waals surface area contributed by atoms with Crippen LogP contribution in [0.5, 0.6) is 11.5 Å². The highest BCUT2D eigenvalue weighted by molar-refractivity contribution is 5.88. The van der Waals surface area contributed by atoms with Crippen molar-refractivity contribution in [3.8, 4) is 11.5 Å². The van der Waals surface area contributed by atoms with Crippen LogP contribution in [0.4, 0.5) is 5.69 Å². The van der Waals surface area contributed by atoms with Gasteiger partial charge in [-0.3, -0.25) is 9.59 Å². The van der Waals surface area contributed by atoms with Gasteiger partial charge >= 0.3 is 0 Å². The second-order valence-corrected chi connectivity index (χ2v) is 5.56. The van der Waals surface area contributed by atoms with Crippen LogP contribution in [0.25, 0.3) is 0 Å². The summed E-state index contributed by atoms with van der Waals surface area (Å²) >= 11 is 0. The lowest BCUT2D eigenvalue weighted by Crippen LogP contribution is -2.31. The van der Waals surface area contributed by atoms with Crippen LogP contribution in [0.3, 0.4) is 0 Å². The van der Waals surface area contributed by atoms with E-state index >= 15 is 0 Å². The molecule has 2 rings (SSSR count). The third kappa shape index (κ3) is 5.53. The molecule has 0 saturated heterocycles. The molecule has 2 amide bonds. The Kier molecular flexibility index (Phi) is 6.39. The number of amides is 2. The second kappa shape index (κ2) is 8.73. The lowest BCUT2D eigenvalue weighted by molar-refractivity contribution is -0.132. The number of benzene rings is 2. The summed E-state index contributed by atoms with van der Waals surface area (Å²) in [4.78, 5) is 24.8. The number of carbonyl (C=O) groups is 2. The van der Waals surface area contributed by atoms with Gasteiger partial charge in [0.25, 0.3) is 5.91 Å². The Bertz CT molecular complexity index is 728. The van der Waals surface area contributed by atoms with Crippen molar-refractivity contribution in [1.82, 2.24) is 4.90 Å². The fourth-order valence-corrected chi connectivity index (χ4v) is 2.27. The fraction of sp³-hybridized carbons (Fsp3) is 0.263. The number of methoxy groups -OCH3 is 1. The van der Waals surface area contributed by atoms with E-state index in [0.29, 0.717) is 18.0 Å². The van der Waals surface area contributed by atoms with Crippen LogP contribution in [0.1, 0.15) is 12.5 Å². The maximum atomic E-state index is 12.2. The van der Waals surface area contributed by atoms with Crippen LogP contribution in [0.15, 0.2) is 48.5 Å². The van der Waals surface area contributed by atoms with Gasteiger partial charge in [0.05, 0.1) is 7.11 Å². The van der Waals surface area contributed by atoms with E-state index in [-0.39, 0.29) is 18.4 Å². The number of hydrogen-bond donors (Lipinski definition) is 1. The molecular weight excluding hydrogens is 320 g/mol. The standard InChI is InChI=1S/C19H22N2O4/c1-14(22)20-16-8-10-17(11-9-16)25-13-19(23)21(2)12-15-6-4-5-7-18(15)24-3/h4-11H,12-13H2,1-3H3,(H,20,22). The Labute approximate surface area is 147 Å². The van der Waals surface area contributed by atoms with Crippen LogP contribution >= 0.6 is 0 Å². The Morgan fingerprint density at radius 3 is 2.40 bits per heavy atom. The van der Waals surface area contributed by atoms with E-state index < -0.39 is 0 Å². The van der Waals surface area contributed by atoms with Crippen molar-refractivity contribution in [2.75, 3.05) is 26.1 Å². The Morgan fingerprint density at radius 2 is 1.76 bits per heavy atom. The van der Waals surface area contributed by atoms with Gasteiger partial charge in [0.2, 0.25) is 5.91 Å². The number of ether oxygens (including phenoxy) is 2. The molecule has 0 aliphatic heterocycles. The molecule has 0 fully saturated rings. The van der Waals surface area contributed by atoms with Crippen molar-refractivity contribution in [2.24, 2.45) is 0 Å². The zero-order valence-corrected chi connectivity index (χ0v) is 14.6. The number of rotatable bonds is 7. The summed E-state index contributed by atoms with van der Waals surface area (Å²) in [7, 11) is 3.33. The van der Waals surface area contributed by atoms with Crippen molar-refractivity contribution in [3.63, 3.8) is 0 Å². The predicted octanol–water partition coefficient (Wildman–Crippen LogP) is 2.69. The smallest absolute Gasteiger partial charge is 0.260 e. The summed E-state index contributed by atoms with van der Waals surface area (Å²) in [5.41, 5.74) is 1.61. The van der Waals surface area contributed by atoms with Crippen molar-refractivity contribution in [3.05, 3.63) is 54.1 Å². The predicted molar refractivity (Wildman–Crippen MR) is 95.7 cm³/mol. The van der Waals surface area contributed by atoms with Crippen LogP contribution < -0.4 is 14.8 Å². The zero-order chi connectivity index (χ0) is 18.2. The molecule has 2 aromatic rings. The van der Waals surface area contributed by atoms with Gasteiger partial charge in [-0.2, -0.15) is 0 Å². The van der Waals surface area contributed by atoms with Gasteiger partial charge in [-0.15, -0.1) is 0 Å². The van der Waals surface area contributed by atoms with Gasteiger partial charge in [0.15, 0.2) is 6.61 Å². The van der Waals surface area contributed by atoms with Gasteiger partial charge in [0, 0.05) is 31.8 Å². The molecule has 6 heteroatoms. The number of nitrogens with one attached hydrogen (secondary N) is 1. The summed E-state index contributed by atoms with van der Waals surface area (Å²) < 4.78 is 10.8. The van der Waals surface area contributed by atoms with E-state index in [9.17, 15) is 9.59 Å². The molecule has 0 saturated carbocycles. The fourth-order valence-electron chi connectivity index (χ4n) is 2.27. The SMILES string of the molecule is COc1ccccc1CN(C)C(=O)COc1ccc(NC(C)=O)cc1. The first-order valence-corrected chi connectivity index (χ1v) is 7.86. The molecule has 0 atom stereocenters. The van der Waals surface area contributed by atoms with E-state index in [2.05, 4.69) is 5.32 Å². The molecule has 0 bridgehead atoms. The van der Waals surface area contributed by atoms with E-state index in [1.165, 1.54) is 6.92 Å². The minimum absolute atomic E-state index is 0.0644. The molecule has 0 aromatic heterocycles. The number of hydrogen-bond acceptors (Lipinski definition) is 4. The molecule has 0 spiro atoms. The number of likely N-dealkylation sites (N-methyl/N-ethyl adjacent to an activating group) is 1. The molecule has 1 N–H and O–H groups in total. The molecule has 0 heterocycles. The third-order valence-electron chi connectivity index (χ3n) is 3.56. The minimum Gasteiger partial charge on any atom is -0.496 e. The van der Waals surface area contributed by atoms with Crippen LogP contribution in [0, 0.1) is 0 Å². The van der Waals surface area contributed by atoms with Crippen molar-refractivity contribution < 1.29 is 19.1 Å². The number of para-hydroxylation sites is 1. The maximum absolute atomic E-state index is 12.2. The molecule has 25 heavy (non-hydrogen) atoms. The lowest BCUT2D eigenvalue weighted by Gasteiger charge is -2.19. The molecule has 6 nitrogen and oxygen atoms in total. The largest absolute Gasteiger partial charge is 0.496 e. The summed E-state index contributed by atoms with van der Waals surface area (Å²) in [5.74, 6) is 1.03. The average Bonchev–Trinajstić information content (AvgIpc) is 2.60. The third-order valence-corrected chi connectivity index (χ3v) is 3.56. The summed E-state index contributed by atoms with van der Waals surface area (Å²) in [6.07, 6.45) is 0. The summed E-state index contributed by atoms with van der Waals surface area (Å²) in [6, 6.07) is 14.4. The molecule has 2 aromatic carbocycles. The van der Waals surface area contributed by atoms with E-state index in [1.807, 2.05) is 24.3 Å². The average molecular weight is 342 g/mol. The summed E-state index contributed by atoms with van der Waals surface area (Å²) in [5, 5.41) is 2.67. The highest BCUT2D eigenvalue weighted by Gasteiger charge is 2.12.